The summed E-state index contributed by atoms with van der Waals surface area (Å²) >= 11 is 6.04. The molecule has 0 bridgehead atoms. The maximum absolute atomic E-state index is 12.5. The van der Waals surface area contributed by atoms with Gasteiger partial charge in [0.1, 0.15) is 5.69 Å². The van der Waals surface area contributed by atoms with E-state index in [2.05, 4.69) is 15.1 Å². The summed E-state index contributed by atoms with van der Waals surface area (Å²) in [5, 5.41) is 5.83. The molecule has 2 aliphatic rings. The van der Waals surface area contributed by atoms with Gasteiger partial charge >= 0.3 is 0 Å². The van der Waals surface area contributed by atoms with Crippen LogP contribution in [0.3, 0.4) is 0 Å². The molecule has 0 amide bonds. The van der Waals surface area contributed by atoms with E-state index in [9.17, 15) is 4.79 Å². The molecule has 1 aromatic heterocycles. The minimum Gasteiger partial charge on any atom is -0.360 e. The van der Waals surface area contributed by atoms with Crippen LogP contribution in [0, 0.1) is 0 Å². The molecule has 102 valence electrons. The molecule has 1 aromatic carbocycles. The molecule has 0 saturated carbocycles. The van der Waals surface area contributed by atoms with Crippen molar-refractivity contribution in [2.45, 2.75) is 0 Å². The minimum atomic E-state index is -0.207. The monoisotopic (exact) mass is 296 g/mol. The molecule has 6 heteroatoms. The van der Waals surface area contributed by atoms with Crippen LogP contribution in [0.25, 0.3) is 28.0 Å². The SMILES string of the molecule is O=c1c2c[nH]c3ccc(Cl)cc3c-2nn1-c1ccccn1. The summed E-state index contributed by atoms with van der Waals surface area (Å²) < 4.78 is 1.30. The molecule has 5 nitrogen and oxygen atoms in total. The van der Waals surface area contributed by atoms with Gasteiger partial charge in [0.15, 0.2) is 5.82 Å². The van der Waals surface area contributed by atoms with Crippen molar-refractivity contribution in [1.29, 1.82) is 0 Å². The lowest BCUT2D eigenvalue weighted by molar-refractivity contribution is 0.827. The van der Waals surface area contributed by atoms with Crippen LogP contribution in [-0.2, 0) is 0 Å². The summed E-state index contributed by atoms with van der Waals surface area (Å²) in [6.07, 6.45) is 3.29. The second kappa shape index (κ2) is 4.43. The third-order valence-electron chi connectivity index (χ3n) is 3.35. The first-order valence-electron chi connectivity index (χ1n) is 6.35. The third-order valence-corrected chi connectivity index (χ3v) is 3.59. The average molecular weight is 297 g/mol. The predicted molar refractivity (Wildman–Crippen MR) is 81.1 cm³/mol. The standard InChI is InChI=1S/C15H9ClN4O/c16-9-4-5-12-10(7-9)14-11(8-18-12)15(21)20(19-14)13-3-1-2-6-17-13/h1-8,18H. The molecule has 3 heterocycles. The first kappa shape index (κ1) is 12.1. The molecule has 0 radical (unpaired) electrons. The van der Waals surface area contributed by atoms with Crippen molar-refractivity contribution >= 4 is 22.5 Å². The zero-order chi connectivity index (χ0) is 14.4. The number of halogens is 1. The fraction of sp³-hybridized carbons (Fsp3) is 0. The molecule has 4 rings (SSSR count). The number of hydrogen-bond donors (Lipinski definition) is 1. The summed E-state index contributed by atoms with van der Waals surface area (Å²) in [7, 11) is 0. The molecule has 0 saturated heterocycles. The molecular weight excluding hydrogens is 288 g/mol. The minimum absolute atomic E-state index is 0.207. The topological polar surface area (TPSA) is 63.6 Å². The number of pyridine rings is 2. The van der Waals surface area contributed by atoms with Gasteiger partial charge in [-0.15, -0.1) is 0 Å². The summed E-state index contributed by atoms with van der Waals surface area (Å²) in [6, 6.07) is 10.8. The molecule has 0 aliphatic carbocycles. The maximum Gasteiger partial charge on any atom is 0.283 e. The Bertz CT molecular complexity index is 974. The number of aromatic amines is 1. The molecule has 2 aromatic rings. The second-order valence-electron chi connectivity index (χ2n) is 4.65. The molecule has 0 spiro atoms. The molecule has 2 aliphatic heterocycles. The number of H-pyrrole nitrogens is 1. The van der Waals surface area contributed by atoms with Crippen LogP contribution in [0.15, 0.2) is 53.6 Å². The maximum atomic E-state index is 12.5. The number of hydrogen-bond acceptors (Lipinski definition) is 3. The smallest absolute Gasteiger partial charge is 0.283 e. The highest BCUT2D eigenvalue weighted by molar-refractivity contribution is 6.31. The van der Waals surface area contributed by atoms with Gasteiger partial charge in [-0.05, 0) is 30.3 Å². The van der Waals surface area contributed by atoms with E-state index in [1.807, 2.05) is 12.1 Å². The normalized spacial score (nSPS) is 11.3. The fourth-order valence-corrected chi connectivity index (χ4v) is 2.54. The van der Waals surface area contributed by atoms with E-state index in [0.29, 0.717) is 22.1 Å². The van der Waals surface area contributed by atoms with Gasteiger partial charge in [0.2, 0.25) is 0 Å². The number of fused-ring (bicyclic) bond motifs is 3. The molecular formula is C15H9ClN4O. The largest absolute Gasteiger partial charge is 0.360 e. The lowest BCUT2D eigenvalue weighted by Gasteiger charge is -2.02. The fourth-order valence-electron chi connectivity index (χ4n) is 2.37. The Kier molecular flexibility index (Phi) is 2.55. The summed E-state index contributed by atoms with van der Waals surface area (Å²) in [5.41, 5.74) is 1.79. The summed E-state index contributed by atoms with van der Waals surface area (Å²) in [5.74, 6) is 0.494. The van der Waals surface area contributed by atoms with Crippen LogP contribution in [-0.4, -0.2) is 19.7 Å². The Hall–Kier alpha value is -2.66. The Morgan fingerprint density at radius 2 is 2.10 bits per heavy atom. The quantitative estimate of drug-likeness (QED) is 0.587. The van der Waals surface area contributed by atoms with Gasteiger partial charge in [-0.25, -0.2) is 4.98 Å². The summed E-state index contributed by atoms with van der Waals surface area (Å²) in [6.45, 7) is 0. The lowest BCUT2D eigenvalue weighted by atomic mass is 10.1. The Labute approximate surface area is 124 Å². The van der Waals surface area contributed by atoms with Gasteiger partial charge < -0.3 is 4.98 Å². The molecule has 0 atom stereocenters. The van der Waals surface area contributed by atoms with Gasteiger partial charge in [0.25, 0.3) is 5.56 Å². The summed E-state index contributed by atoms with van der Waals surface area (Å²) in [4.78, 5) is 19.7. The van der Waals surface area contributed by atoms with Crippen LogP contribution in [0.5, 0.6) is 0 Å². The van der Waals surface area contributed by atoms with Crippen molar-refractivity contribution in [3.05, 3.63) is 64.2 Å². The Morgan fingerprint density at radius 3 is 2.90 bits per heavy atom. The van der Waals surface area contributed by atoms with Crippen molar-refractivity contribution in [2.75, 3.05) is 0 Å². The second-order valence-corrected chi connectivity index (χ2v) is 5.08. The van der Waals surface area contributed by atoms with Crippen LogP contribution in [0.1, 0.15) is 0 Å². The van der Waals surface area contributed by atoms with E-state index in [0.717, 1.165) is 10.9 Å². The predicted octanol–water partition coefficient (Wildman–Crippen LogP) is 2.87. The molecule has 0 fully saturated rings. The average Bonchev–Trinajstić information content (AvgIpc) is 2.86. The number of nitrogens with zero attached hydrogens (tertiary/aromatic N) is 3. The lowest BCUT2D eigenvalue weighted by Crippen LogP contribution is -2.15. The molecule has 21 heavy (non-hydrogen) atoms. The van der Waals surface area contributed by atoms with Gasteiger partial charge in [0.05, 0.1) is 5.56 Å². The van der Waals surface area contributed by atoms with Gasteiger partial charge in [0, 0.05) is 28.3 Å². The van der Waals surface area contributed by atoms with E-state index in [1.54, 1.807) is 36.7 Å². The van der Waals surface area contributed by atoms with E-state index in [4.69, 9.17) is 11.6 Å². The Morgan fingerprint density at radius 1 is 1.19 bits per heavy atom. The highest BCUT2D eigenvalue weighted by Crippen LogP contribution is 2.27. The van der Waals surface area contributed by atoms with E-state index >= 15 is 0 Å². The van der Waals surface area contributed by atoms with Crippen molar-refractivity contribution < 1.29 is 0 Å². The van der Waals surface area contributed by atoms with Crippen LogP contribution in [0.2, 0.25) is 5.02 Å². The highest BCUT2D eigenvalue weighted by atomic mass is 35.5. The van der Waals surface area contributed by atoms with E-state index in [-0.39, 0.29) is 5.56 Å². The zero-order valence-corrected chi connectivity index (χ0v) is 11.5. The van der Waals surface area contributed by atoms with Crippen LogP contribution >= 0.6 is 11.6 Å². The van der Waals surface area contributed by atoms with Gasteiger partial charge in [-0.2, -0.15) is 9.78 Å². The first-order valence-corrected chi connectivity index (χ1v) is 6.73. The van der Waals surface area contributed by atoms with Crippen molar-refractivity contribution in [3.8, 4) is 17.1 Å². The Balaban J connectivity index is 2.10. The third kappa shape index (κ3) is 1.82. The number of benzene rings is 1. The van der Waals surface area contributed by atoms with E-state index in [1.165, 1.54) is 4.68 Å². The van der Waals surface area contributed by atoms with Crippen molar-refractivity contribution in [3.63, 3.8) is 0 Å². The van der Waals surface area contributed by atoms with E-state index < -0.39 is 0 Å². The number of rotatable bonds is 1. The van der Waals surface area contributed by atoms with Crippen LogP contribution < -0.4 is 5.56 Å². The van der Waals surface area contributed by atoms with Gasteiger partial charge in [-0.3, -0.25) is 4.79 Å². The first-order chi connectivity index (χ1) is 10.2. The van der Waals surface area contributed by atoms with Crippen molar-refractivity contribution in [2.24, 2.45) is 0 Å². The molecule has 1 N–H and O–H groups in total. The highest BCUT2D eigenvalue weighted by Gasteiger charge is 2.19. The number of aromatic nitrogens is 4. The van der Waals surface area contributed by atoms with Gasteiger partial charge in [-0.1, -0.05) is 17.7 Å². The van der Waals surface area contributed by atoms with Crippen molar-refractivity contribution in [1.82, 2.24) is 19.7 Å². The van der Waals surface area contributed by atoms with Crippen LogP contribution in [0.4, 0.5) is 0 Å². The molecule has 0 unspecified atom stereocenters. The number of nitrogens with one attached hydrogen (secondary N) is 1. The zero-order valence-electron chi connectivity index (χ0n) is 10.7.